The number of nitro groups is 1. The van der Waals surface area contributed by atoms with Crippen LogP contribution in [0, 0.1) is 21.4 Å². The van der Waals surface area contributed by atoms with Gasteiger partial charge in [0.05, 0.1) is 18.1 Å². The van der Waals surface area contributed by atoms with Crippen LogP contribution in [0.1, 0.15) is 12.5 Å². The summed E-state index contributed by atoms with van der Waals surface area (Å²) in [6, 6.07) is 3.14. The largest absolute Gasteiger partial charge is 0.379 e. The molecule has 0 aliphatic carbocycles. The van der Waals surface area contributed by atoms with Crippen LogP contribution in [-0.4, -0.2) is 53.7 Å². The Hall–Kier alpha value is -2.24. The average Bonchev–Trinajstić information content (AvgIpc) is 2.47. The van der Waals surface area contributed by atoms with Crippen molar-refractivity contribution in [1.82, 2.24) is 9.88 Å². The highest BCUT2D eigenvalue weighted by atomic mass is 16.6. The van der Waals surface area contributed by atoms with Gasteiger partial charge >= 0.3 is 5.69 Å². The van der Waals surface area contributed by atoms with Gasteiger partial charge in [0.25, 0.3) is 0 Å². The fraction of sp³-hybridized carbons (Fsp3) is 0.538. The van der Waals surface area contributed by atoms with Crippen LogP contribution in [0.25, 0.3) is 0 Å². The Morgan fingerprint density at radius 2 is 2.33 bits per heavy atom. The lowest BCUT2D eigenvalue weighted by Gasteiger charge is -2.29. The van der Waals surface area contributed by atoms with Crippen molar-refractivity contribution in [2.75, 3.05) is 38.2 Å². The van der Waals surface area contributed by atoms with Crippen LogP contribution < -0.4 is 5.32 Å². The molecular weight excluding hydrogens is 274 g/mol. The lowest BCUT2D eigenvalue weighted by molar-refractivity contribution is -0.384. The number of anilines is 1. The maximum atomic E-state index is 11.1. The van der Waals surface area contributed by atoms with Gasteiger partial charge in [0, 0.05) is 31.9 Å². The molecule has 0 spiro atoms. The van der Waals surface area contributed by atoms with Crippen molar-refractivity contribution < 1.29 is 9.66 Å². The second-order valence-corrected chi connectivity index (χ2v) is 4.88. The van der Waals surface area contributed by atoms with E-state index in [-0.39, 0.29) is 23.1 Å². The van der Waals surface area contributed by atoms with Crippen LogP contribution in [0.5, 0.6) is 0 Å². The third kappa shape index (κ3) is 3.87. The Balaban J connectivity index is 2.08. The first kappa shape index (κ1) is 15.2. The number of hydrogen-bond donors (Lipinski definition) is 1. The number of ether oxygens (including phenoxy) is 1. The minimum Gasteiger partial charge on any atom is -0.379 e. The summed E-state index contributed by atoms with van der Waals surface area (Å²) in [5.41, 5.74) is -0.259. The second-order valence-electron chi connectivity index (χ2n) is 4.88. The second kappa shape index (κ2) is 6.97. The first-order chi connectivity index (χ1) is 10.1. The summed E-state index contributed by atoms with van der Waals surface area (Å²) in [6.45, 7) is 5.77. The number of pyridine rings is 1. The molecular formula is C13H17N5O3. The van der Waals surface area contributed by atoms with Gasteiger partial charge in [0.2, 0.25) is 5.82 Å². The molecule has 1 fully saturated rings. The highest BCUT2D eigenvalue weighted by Gasteiger charge is 2.23. The lowest BCUT2D eigenvalue weighted by Crippen LogP contribution is -2.42. The van der Waals surface area contributed by atoms with Crippen LogP contribution >= 0.6 is 0 Å². The number of hydrogen-bond acceptors (Lipinski definition) is 7. The average molecular weight is 291 g/mol. The molecule has 1 aliphatic heterocycles. The van der Waals surface area contributed by atoms with Crippen molar-refractivity contribution in [2.45, 2.75) is 13.0 Å². The van der Waals surface area contributed by atoms with E-state index in [4.69, 9.17) is 10.00 Å². The third-order valence-corrected chi connectivity index (χ3v) is 3.25. The topological polar surface area (TPSA) is 104 Å². The summed E-state index contributed by atoms with van der Waals surface area (Å²) in [5.74, 6) is 0.139. The minimum atomic E-state index is -0.574. The van der Waals surface area contributed by atoms with Gasteiger partial charge in [-0.3, -0.25) is 15.0 Å². The molecule has 0 amide bonds. The molecule has 0 bridgehead atoms. The molecule has 0 aromatic carbocycles. The summed E-state index contributed by atoms with van der Waals surface area (Å²) in [6.07, 6.45) is 1.40. The molecule has 2 heterocycles. The van der Waals surface area contributed by atoms with Gasteiger partial charge < -0.3 is 10.1 Å². The summed E-state index contributed by atoms with van der Waals surface area (Å²) < 4.78 is 5.28. The van der Waals surface area contributed by atoms with Crippen molar-refractivity contribution in [3.63, 3.8) is 0 Å². The van der Waals surface area contributed by atoms with Crippen molar-refractivity contribution >= 4 is 11.5 Å². The standard InChI is InChI=1S/C13H17N5O3/c1-10(9-17-4-6-21-7-5-17)16-13-12(18(19)20)11(8-14)2-3-15-13/h2-3,10H,4-7,9H2,1H3,(H,15,16). The number of nitriles is 1. The van der Waals surface area contributed by atoms with E-state index in [1.165, 1.54) is 12.3 Å². The molecule has 1 N–H and O–H groups in total. The molecule has 8 heteroatoms. The Kier molecular flexibility index (Phi) is 5.03. The minimum absolute atomic E-state index is 0.0103. The van der Waals surface area contributed by atoms with Crippen molar-refractivity contribution in [3.8, 4) is 6.07 Å². The van der Waals surface area contributed by atoms with Crippen molar-refractivity contribution in [3.05, 3.63) is 27.9 Å². The lowest BCUT2D eigenvalue weighted by atomic mass is 10.2. The zero-order chi connectivity index (χ0) is 15.2. The molecule has 1 saturated heterocycles. The predicted octanol–water partition coefficient (Wildman–Crippen LogP) is 0.994. The Labute approximate surface area is 122 Å². The van der Waals surface area contributed by atoms with Crippen LogP contribution in [0.3, 0.4) is 0 Å². The van der Waals surface area contributed by atoms with Crippen molar-refractivity contribution in [1.29, 1.82) is 5.26 Å². The molecule has 1 aliphatic rings. The number of nitrogens with one attached hydrogen (secondary N) is 1. The molecule has 1 aromatic rings. The van der Waals surface area contributed by atoms with E-state index in [1.54, 1.807) is 0 Å². The molecule has 112 valence electrons. The van der Waals surface area contributed by atoms with Gasteiger partial charge in [0.15, 0.2) is 0 Å². The fourth-order valence-corrected chi connectivity index (χ4v) is 2.28. The Bertz CT molecular complexity index is 551. The molecule has 0 radical (unpaired) electrons. The summed E-state index contributed by atoms with van der Waals surface area (Å²) >= 11 is 0. The van der Waals surface area contributed by atoms with Gasteiger partial charge in [0.1, 0.15) is 11.6 Å². The molecule has 1 aromatic heterocycles. The smallest absolute Gasteiger partial charge is 0.328 e. The first-order valence-corrected chi connectivity index (χ1v) is 6.72. The Morgan fingerprint density at radius 1 is 1.62 bits per heavy atom. The third-order valence-electron chi connectivity index (χ3n) is 3.25. The van der Waals surface area contributed by atoms with Gasteiger partial charge in [-0.05, 0) is 13.0 Å². The maximum Gasteiger partial charge on any atom is 0.328 e. The van der Waals surface area contributed by atoms with E-state index in [9.17, 15) is 10.1 Å². The fourth-order valence-electron chi connectivity index (χ4n) is 2.28. The molecule has 21 heavy (non-hydrogen) atoms. The van der Waals surface area contributed by atoms with E-state index in [0.29, 0.717) is 13.2 Å². The van der Waals surface area contributed by atoms with Crippen LogP contribution in [-0.2, 0) is 4.74 Å². The van der Waals surface area contributed by atoms with E-state index >= 15 is 0 Å². The Morgan fingerprint density at radius 3 is 2.95 bits per heavy atom. The predicted molar refractivity (Wildman–Crippen MR) is 76.0 cm³/mol. The normalized spacial score (nSPS) is 17.0. The van der Waals surface area contributed by atoms with Gasteiger partial charge in [-0.2, -0.15) is 5.26 Å². The highest BCUT2D eigenvalue weighted by Crippen LogP contribution is 2.26. The maximum absolute atomic E-state index is 11.1. The molecule has 1 atom stereocenters. The monoisotopic (exact) mass is 291 g/mol. The van der Waals surface area contributed by atoms with Gasteiger partial charge in [-0.1, -0.05) is 0 Å². The molecule has 8 nitrogen and oxygen atoms in total. The van der Waals surface area contributed by atoms with Crippen molar-refractivity contribution in [2.24, 2.45) is 0 Å². The summed E-state index contributed by atoms with van der Waals surface area (Å²) in [7, 11) is 0. The SMILES string of the molecule is CC(CN1CCOCC1)Nc1nccc(C#N)c1[N+](=O)[O-]. The van der Waals surface area contributed by atoms with Gasteiger partial charge in [-0.15, -0.1) is 0 Å². The highest BCUT2D eigenvalue weighted by molar-refractivity contribution is 5.64. The van der Waals surface area contributed by atoms with Gasteiger partial charge in [-0.25, -0.2) is 4.98 Å². The van der Waals surface area contributed by atoms with E-state index in [1.807, 2.05) is 13.0 Å². The van der Waals surface area contributed by atoms with E-state index < -0.39 is 4.92 Å². The van der Waals surface area contributed by atoms with E-state index in [0.717, 1.165) is 19.6 Å². The number of morpholine rings is 1. The summed E-state index contributed by atoms with van der Waals surface area (Å²) in [5, 5.41) is 23.1. The van der Waals surface area contributed by atoms with Crippen LogP contribution in [0.4, 0.5) is 11.5 Å². The first-order valence-electron chi connectivity index (χ1n) is 6.72. The van der Waals surface area contributed by atoms with E-state index in [2.05, 4.69) is 15.2 Å². The van der Waals surface area contributed by atoms with Crippen LogP contribution in [0.2, 0.25) is 0 Å². The zero-order valence-corrected chi connectivity index (χ0v) is 11.8. The number of aromatic nitrogens is 1. The number of rotatable bonds is 5. The molecule has 1 unspecified atom stereocenters. The molecule has 0 saturated carbocycles. The zero-order valence-electron chi connectivity index (χ0n) is 11.8. The number of nitrogens with zero attached hydrogens (tertiary/aromatic N) is 4. The quantitative estimate of drug-likeness (QED) is 0.637. The molecule has 2 rings (SSSR count). The van der Waals surface area contributed by atoms with Crippen LogP contribution in [0.15, 0.2) is 12.3 Å². The summed E-state index contributed by atoms with van der Waals surface area (Å²) in [4.78, 5) is 16.8.